The molecule has 0 aliphatic carbocycles. The first-order chi connectivity index (χ1) is 12.9. The maximum Gasteiger partial charge on any atom is 0.123 e. The van der Waals surface area contributed by atoms with E-state index in [9.17, 15) is 24.1 Å². The maximum atomic E-state index is 13.3. The van der Waals surface area contributed by atoms with Crippen molar-refractivity contribution in [1.82, 2.24) is 4.90 Å². The molecule has 2 aromatic rings. The Morgan fingerprint density at radius 1 is 0.926 bits per heavy atom. The minimum atomic E-state index is -1.57. The van der Waals surface area contributed by atoms with Crippen LogP contribution in [0.3, 0.4) is 0 Å². The number of aliphatic hydroxyl groups excluding tert-OH is 2. The molecule has 0 bridgehead atoms. The number of nitrogens with zero attached hydrogens (tertiary/aromatic N) is 1. The van der Waals surface area contributed by atoms with E-state index < -0.39 is 23.3 Å². The fraction of sp³-hybridized carbons (Fsp3) is 0.429. The molecule has 27 heavy (non-hydrogen) atoms. The summed E-state index contributed by atoms with van der Waals surface area (Å²) in [7, 11) is 0. The van der Waals surface area contributed by atoms with Gasteiger partial charge in [-0.05, 0) is 48.2 Å². The summed E-state index contributed by atoms with van der Waals surface area (Å²) >= 11 is 0. The van der Waals surface area contributed by atoms with Crippen LogP contribution in [0, 0.1) is 11.6 Å². The van der Waals surface area contributed by atoms with Crippen LogP contribution in [0.5, 0.6) is 0 Å². The second kappa shape index (κ2) is 8.44. The molecule has 1 unspecified atom stereocenters. The van der Waals surface area contributed by atoms with Gasteiger partial charge in [-0.3, -0.25) is 0 Å². The molecule has 0 amide bonds. The average molecular weight is 377 g/mol. The van der Waals surface area contributed by atoms with E-state index in [1.54, 1.807) is 0 Å². The molecule has 1 atom stereocenters. The zero-order chi connectivity index (χ0) is 19.4. The summed E-state index contributed by atoms with van der Waals surface area (Å²) < 4.78 is 26.7. The Labute approximate surface area is 157 Å². The third-order valence-corrected chi connectivity index (χ3v) is 5.20. The van der Waals surface area contributed by atoms with Gasteiger partial charge in [0, 0.05) is 26.1 Å². The third-order valence-electron chi connectivity index (χ3n) is 5.20. The van der Waals surface area contributed by atoms with Crippen LogP contribution in [0.4, 0.5) is 8.78 Å². The molecule has 1 heterocycles. The lowest BCUT2D eigenvalue weighted by molar-refractivity contribution is -0.00533. The number of β-amino-alcohol motifs (C(OH)–C–C–N with tert-alkyl or cyclic N) is 1. The van der Waals surface area contributed by atoms with Gasteiger partial charge >= 0.3 is 0 Å². The molecule has 3 rings (SSSR count). The van der Waals surface area contributed by atoms with E-state index >= 15 is 0 Å². The third kappa shape index (κ3) is 4.90. The highest BCUT2D eigenvalue weighted by molar-refractivity contribution is 5.36. The van der Waals surface area contributed by atoms with E-state index in [1.165, 1.54) is 48.5 Å². The van der Waals surface area contributed by atoms with Crippen molar-refractivity contribution < 1.29 is 24.1 Å². The highest BCUT2D eigenvalue weighted by Crippen LogP contribution is 2.34. The second-order valence-electron chi connectivity index (χ2n) is 7.26. The first kappa shape index (κ1) is 19.9. The molecule has 1 aliphatic rings. The fourth-order valence-electron chi connectivity index (χ4n) is 3.66. The van der Waals surface area contributed by atoms with Gasteiger partial charge in [-0.2, -0.15) is 0 Å². The Hall–Kier alpha value is -1.86. The Morgan fingerprint density at radius 3 is 1.81 bits per heavy atom. The number of likely N-dealkylation sites (tertiary alicyclic amines) is 1. The van der Waals surface area contributed by atoms with Gasteiger partial charge < -0.3 is 20.2 Å². The van der Waals surface area contributed by atoms with Gasteiger partial charge in [-0.1, -0.05) is 24.3 Å². The van der Waals surface area contributed by atoms with Crippen molar-refractivity contribution in [2.24, 2.45) is 0 Å². The minimum Gasteiger partial charge on any atom is -0.393 e. The summed E-state index contributed by atoms with van der Waals surface area (Å²) in [6.45, 7) is 1.73. The lowest BCUT2D eigenvalue weighted by Crippen LogP contribution is -2.43. The Kier molecular flexibility index (Phi) is 6.22. The first-order valence-corrected chi connectivity index (χ1v) is 9.20. The van der Waals surface area contributed by atoms with Crippen LogP contribution in [0.2, 0.25) is 0 Å². The van der Waals surface area contributed by atoms with Crippen molar-refractivity contribution >= 4 is 0 Å². The monoisotopic (exact) mass is 377 g/mol. The average Bonchev–Trinajstić information content (AvgIpc) is 2.64. The van der Waals surface area contributed by atoms with E-state index in [2.05, 4.69) is 0 Å². The lowest BCUT2D eigenvalue weighted by atomic mass is 9.81. The second-order valence-corrected chi connectivity index (χ2v) is 7.26. The number of hydrogen-bond acceptors (Lipinski definition) is 4. The molecule has 3 N–H and O–H groups in total. The summed E-state index contributed by atoms with van der Waals surface area (Å²) in [5, 5.41) is 31.6. The molecule has 1 fully saturated rings. The van der Waals surface area contributed by atoms with Crippen molar-refractivity contribution in [2.45, 2.75) is 37.1 Å². The molecule has 1 aliphatic heterocycles. The van der Waals surface area contributed by atoms with E-state index in [0.717, 1.165) is 0 Å². The van der Waals surface area contributed by atoms with Crippen LogP contribution < -0.4 is 0 Å². The molecule has 4 nitrogen and oxygen atoms in total. The standard InChI is InChI=1S/C21H25F2NO3/c22-17-5-1-15(2-6-17)21(27,16-3-7-18(23)8-4-16)13-20(26)14-24-11-9-19(25)10-12-24/h1-8,19-20,25-27H,9-14H2. The van der Waals surface area contributed by atoms with Crippen LogP contribution in [-0.2, 0) is 5.60 Å². The Bertz CT molecular complexity index is 683. The van der Waals surface area contributed by atoms with Crippen LogP contribution in [-0.4, -0.2) is 52.1 Å². The van der Waals surface area contributed by atoms with Gasteiger partial charge in [-0.15, -0.1) is 0 Å². The largest absolute Gasteiger partial charge is 0.393 e. The molecule has 0 aromatic heterocycles. The maximum absolute atomic E-state index is 13.3. The van der Waals surface area contributed by atoms with Crippen molar-refractivity contribution in [1.29, 1.82) is 0 Å². The van der Waals surface area contributed by atoms with Crippen molar-refractivity contribution in [3.05, 3.63) is 71.3 Å². The SMILES string of the molecule is OC1CCN(CC(O)CC(O)(c2ccc(F)cc2)c2ccc(F)cc2)CC1. The molecular weight excluding hydrogens is 352 g/mol. The number of hydrogen-bond donors (Lipinski definition) is 3. The smallest absolute Gasteiger partial charge is 0.123 e. The van der Waals surface area contributed by atoms with E-state index in [4.69, 9.17) is 0 Å². The first-order valence-electron chi connectivity index (χ1n) is 9.20. The zero-order valence-corrected chi connectivity index (χ0v) is 15.1. The number of rotatable bonds is 6. The molecule has 2 aromatic carbocycles. The predicted octanol–water partition coefficient (Wildman–Crippen LogP) is 2.41. The molecule has 146 valence electrons. The highest BCUT2D eigenvalue weighted by atomic mass is 19.1. The quantitative estimate of drug-likeness (QED) is 0.724. The Morgan fingerprint density at radius 2 is 1.37 bits per heavy atom. The van der Waals surface area contributed by atoms with Gasteiger partial charge in [0.1, 0.15) is 17.2 Å². The molecular formula is C21H25F2NO3. The number of benzene rings is 2. The molecule has 0 radical (unpaired) electrons. The zero-order valence-electron chi connectivity index (χ0n) is 15.1. The number of piperidine rings is 1. The summed E-state index contributed by atoms with van der Waals surface area (Å²) in [4.78, 5) is 2.05. The number of aliphatic hydroxyl groups is 3. The van der Waals surface area contributed by atoms with Crippen LogP contribution in [0.15, 0.2) is 48.5 Å². The van der Waals surface area contributed by atoms with E-state index in [1.807, 2.05) is 4.90 Å². The lowest BCUT2D eigenvalue weighted by Gasteiger charge is -2.35. The minimum absolute atomic E-state index is 0.0106. The molecule has 0 saturated carbocycles. The normalized spacial score (nSPS) is 17.8. The van der Waals surface area contributed by atoms with Gasteiger partial charge in [-0.25, -0.2) is 8.78 Å². The van der Waals surface area contributed by atoms with Crippen LogP contribution in [0.25, 0.3) is 0 Å². The molecule has 1 saturated heterocycles. The summed E-state index contributed by atoms with van der Waals surface area (Å²) in [5.74, 6) is -0.847. The summed E-state index contributed by atoms with van der Waals surface area (Å²) in [6, 6.07) is 10.9. The predicted molar refractivity (Wildman–Crippen MR) is 98.1 cm³/mol. The van der Waals surface area contributed by atoms with Crippen LogP contribution >= 0.6 is 0 Å². The topological polar surface area (TPSA) is 63.9 Å². The van der Waals surface area contributed by atoms with Gasteiger partial charge in [0.25, 0.3) is 0 Å². The van der Waals surface area contributed by atoms with Crippen molar-refractivity contribution in [2.75, 3.05) is 19.6 Å². The van der Waals surface area contributed by atoms with Crippen LogP contribution in [0.1, 0.15) is 30.4 Å². The van der Waals surface area contributed by atoms with Gasteiger partial charge in [0.05, 0.1) is 12.2 Å². The molecule has 0 spiro atoms. The van der Waals surface area contributed by atoms with E-state index in [0.29, 0.717) is 43.6 Å². The van der Waals surface area contributed by atoms with E-state index in [-0.39, 0.29) is 12.5 Å². The highest BCUT2D eigenvalue weighted by Gasteiger charge is 2.35. The van der Waals surface area contributed by atoms with Crippen molar-refractivity contribution in [3.8, 4) is 0 Å². The summed E-state index contributed by atoms with van der Waals surface area (Å²) in [6.07, 6.45) is 0.164. The number of halogens is 2. The van der Waals surface area contributed by atoms with Gasteiger partial charge in [0.15, 0.2) is 0 Å². The Balaban J connectivity index is 1.81. The van der Waals surface area contributed by atoms with Crippen molar-refractivity contribution in [3.63, 3.8) is 0 Å². The fourth-order valence-corrected chi connectivity index (χ4v) is 3.66. The molecule has 6 heteroatoms. The summed E-state index contributed by atoms with van der Waals surface area (Å²) in [5.41, 5.74) is -0.705. The van der Waals surface area contributed by atoms with Gasteiger partial charge in [0.2, 0.25) is 0 Å².